The molecule has 0 unspecified atom stereocenters. The van der Waals surface area contributed by atoms with Crippen molar-refractivity contribution in [1.82, 2.24) is 24.8 Å². The number of hydrogen-bond acceptors (Lipinski definition) is 7. The van der Waals surface area contributed by atoms with Gasteiger partial charge >= 0.3 is 0 Å². The van der Waals surface area contributed by atoms with Crippen LogP contribution in [0, 0.1) is 6.92 Å². The van der Waals surface area contributed by atoms with E-state index in [0.717, 1.165) is 11.8 Å². The van der Waals surface area contributed by atoms with Crippen LogP contribution >= 0.6 is 11.8 Å². The molecular weight excluding hydrogens is 362 g/mol. The number of furan rings is 1. The molecule has 4 aromatic rings. The van der Waals surface area contributed by atoms with Gasteiger partial charge in [-0.15, -0.1) is 10.2 Å². The van der Waals surface area contributed by atoms with Crippen molar-refractivity contribution in [1.29, 1.82) is 0 Å². The molecule has 0 fully saturated rings. The number of alkyl halides is 2. The van der Waals surface area contributed by atoms with Gasteiger partial charge in [-0.25, -0.2) is 23.4 Å². The van der Waals surface area contributed by atoms with Crippen molar-refractivity contribution in [3.63, 3.8) is 0 Å². The van der Waals surface area contributed by atoms with Crippen molar-refractivity contribution in [3.8, 4) is 11.4 Å². The molecule has 0 spiro atoms. The number of halogens is 2. The Balaban J connectivity index is 1.79. The molecule has 26 heavy (non-hydrogen) atoms. The first-order valence-electron chi connectivity index (χ1n) is 7.52. The molecule has 2 N–H and O–H groups in total. The molecule has 0 radical (unpaired) electrons. The number of nitrogens with two attached hydrogens (primary N) is 1. The van der Waals surface area contributed by atoms with E-state index in [4.69, 9.17) is 10.3 Å². The number of nitrogens with zero attached hydrogens (tertiary/aromatic N) is 5. The Bertz CT molecular complexity index is 1090. The largest absolute Gasteiger partial charge is 0.469 e. The van der Waals surface area contributed by atoms with E-state index in [1.165, 1.54) is 10.9 Å². The van der Waals surface area contributed by atoms with Gasteiger partial charge in [-0.3, -0.25) is 0 Å². The Morgan fingerprint density at radius 2 is 1.96 bits per heavy atom. The van der Waals surface area contributed by atoms with Crippen molar-refractivity contribution in [2.45, 2.75) is 23.5 Å². The minimum absolute atomic E-state index is 0.310. The highest BCUT2D eigenvalue weighted by Gasteiger charge is 2.20. The molecular formula is C16H12F2N6OS. The third-order valence-electron chi connectivity index (χ3n) is 3.73. The first-order valence-corrected chi connectivity index (χ1v) is 8.34. The molecule has 3 heterocycles. The van der Waals surface area contributed by atoms with Gasteiger partial charge in [0, 0.05) is 5.39 Å². The number of fused-ring (bicyclic) bond motifs is 1. The normalized spacial score (nSPS) is 11.5. The molecule has 10 heteroatoms. The highest BCUT2D eigenvalue weighted by Crippen LogP contribution is 2.33. The summed E-state index contributed by atoms with van der Waals surface area (Å²) in [7, 11) is 0. The third-order valence-corrected chi connectivity index (χ3v) is 4.70. The second-order valence-corrected chi connectivity index (χ2v) is 6.33. The number of para-hydroxylation sites is 1. The van der Waals surface area contributed by atoms with Crippen LogP contribution in [0.4, 0.5) is 8.78 Å². The molecule has 3 aromatic heterocycles. The van der Waals surface area contributed by atoms with Gasteiger partial charge in [0.15, 0.2) is 11.6 Å². The second kappa shape index (κ2) is 6.37. The van der Waals surface area contributed by atoms with Crippen LogP contribution in [0.5, 0.6) is 0 Å². The van der Waals surface area contributed by atoms with Gasteiger partial charge in [0.2, 0.25) is 5.16 Å². The predicted octanol–water partition coefficient (Wildman–Crippen LogP) is 3.59. The van der Waals surface area contributed by atoms with Crippen LogP contribution in [0.25, 0.3) is 22.3 Å². The van der Waals surface area contributed by atoms with E-state index in [9.17, 15) is 8.78 Å². The van der Waals surface area contributed by atoms with E-state index >= 15 is 0 Å². The number of benzene rings is 1. The molecule has 7 nitrogen and oxygen atoms in total. The molecule has 0 aliphatic rings. The van der Waals surface area contributed by atoms with Crippen LogP contribution in [-0.2, 0) is 0 Å². The molecule has 0 aliphatic carbocycles. The summed E-state index contributed by atoms with van der Waals surface area (Å²) in [4.78, 5) is 7.87. The van der Waals surface area contributed by atoms with Crippen molar-refractivity contribution in [2.24, 2.45) is 0 Å². The quantitative estimate of drug-likeness (QED) is 0.431. The molecule has 0 bridgehead atoms. The Hall–Kier alpha value is -3.01. The average molecular weight is 374 g/mol. The maximum absolute atomic E-state index is 13.1. The lowest BCUT2D eigenvalue weighted by Crippen LogP contribution is -2.11. The molecule has 0 saturated heterocycles. The van der Waals surface area contributed by atoms with Crippen molar-refractivity contribution in [3.05, 3.63) is 48.2 Å². The van der Waals surface area contributed by atoms with Gasteiger partial charge < -0.3 is 10.3 Å². The Kier molecular flexibility index (Phi) is 4.03. The number of aromatic nitrogens is 5. The summed E-state index contributed by atoms with van der Waals surface area (Å²) in [6.07, 6.45) is -1.25. The Labute approximate surface area is 150 Å². The van der Waals surface area contributed by atoms with E-state index in [1.807, 2.05) is 0 Å². The molecule has 0 amide bonds. The lowest BCUT2D eigenvalue weighted by Gasteiger charge is -2.07. The topological polar surface area (TPSA) is 95.6 Å². The summed E-state index contributed by atoms with van der Waals surface area (Å²) in [5.41, 5.74) is 1.13. The highest BCUT2D eigenvalue weighted by molar-refractivity contribution is 7.99. The van der Waals surface area contributed by atoms with Crippen LogP contribution in [-0.4, -0.2) is 24.8 Å². The van der Waals surface area contributed by atoms with Crippen molar-refractivity contribution >= 4 is 22.7 Å². The minimum Gasteiger partial charge on any atom is -0.469 e. The van der Waals surface area contributed by atoms with Gasteiger partial charge in [0.25, 0.3) is 6.43 Å². The van der Waals surface area contributed by atoms with Crippen LogP contribution in [0.2, 0.25) is 0 Å². The monoisotopic (exact) mass is 374 g/mol. The van der Waals surface area contributed by atoms with E-state index in [1.54, 1.807) is 37.3 Å². The molecule has 0 atom stereocenters. The summed E-state index contributed by atoms with van der Waals surface area (Å²) >= 11 is 1.05. The van der Waals surface area contributed by atoms with Crippen molar-refractivity contribution < 1.29 is 13.2 Å². The van der Waals surface area contributed by atoms with Crippen LogP contribution < -0.4 is 5.84 Å². The molecule has 1 aromatic carbocycles. The number of rotatable bonds is 4. The Morgan fingerprint density at radius 3 is 2.69 bits per heavy atom. The number of aryl methyl sites for hydroxylation is 1. The third kappa shape index (κ3) is 2.77. The molecule has 132 valence electrons. The number of hydrogen-bond donors (Lipinski definition) is 1. The smallest absolute Gasteiger partial charge is 0.297 e. The van der Waals surface area contributed by atoms with Crippen LogP contribution in [0.1, 0.15) is 18.0 Å². The summed E-state index contributed by atoms with van der Waals surface area (Å²) in [6.45, 7) is 1.78. The summed E-state index contributed by atoms with van der Waals surface area (Å²) in [5.74, 6) is 6.60. The van der Waals surface area contributed by atoms with E-state index in [0.29, 0.717) is 38.2 Å². The lowest BCUT2D eigenvalue weighted by molar-refractivity contribution is 0.140. The lowest BCUT2D eigenvalue weighted by atomic mass is 10.2. The van der Waals surface area contributed by atoms with E-state index in [2.05, 4.69) is 20.2 Å². The summed E-state index contributed by atoms with van der Waals surface area (Å²) < 4.78 is 32.8. The Morgan fingerprint density at radius 1 is 1.15 bits per heavy atom. The number of nitrogen functional groups attached to an aromatic ring is 1. The zero-order valence-corrected chi connectivity index (χ0v) is 14.2. The zero-order chi connectivity index (χ0) is 18.3. The predicted molar refractivity (Wildman–Crippen MR) is 91.2 cm³/mol. The maximum Gasteiger partial charge on any atom is 0.297 e. The first-order chi connectivity index (χ1) is 12.5. The fraction of sp³-hybridized carbons (Fsp3) is 0.125. The fourth-order valence-electron chi connectivity index (χ4n) is 2.47. The minimum atomic E-state index is -2.78. The fourth-order valence-corrected chi connectivity index (χ4v) is 3.33. The van der Waals surface area contributed by atoms with Gasteiger partial charge in [-0.1, -0.05) is 18.2 Å². The molecule has 4 rings (SSSR count). The summed E-state index contributed by atoms with van der Waals surface area (Å²) in [5, 5.41) is 9.39. The molecule has 0 saturated carbocycles. The van der Waals surface area contributed by atoms with Gasteiger partial charge in [0.1, 0.15) is 10.8 Å². The van der Waals surface area contributed by atoms with Crippen LogP contribution in [0.3, 0.4) is 0 Å². The van der Waals surface area contributed by atoms with Gasteiger partial charge in [-0.05, 0) is 30.8 Å². The van der Waals surface area contributed by atoms with Gasteiger partial charge in [-0.2, -0.15) is 0 Å². The first kappa shape index (κ1) is 16.5. The average Bonchev–Trinajstić information content (AvgIpc) is 3.20. The summed E-state index contributed by atoms with van der Waals surface area (Å²) in [6, 6.07) is 8.65. The van der Waals surface area contributed by atoms with Crippen molar-refractivity contribution in [2.75, 3.05) is 5.84 Å². The molecule has 0 aliphatic heterocycles. The van der Waals surface area contributed by atoms with Crippen LogP contribution in [0.15, 0.2) is 51.2 Å². The van der Waals surface area contributed by atoms with E-state index in [-0.39, 0.29) is 0 Å². The maximum atomic E-state index is 13.1. The zero-order valence-electron chi connectivity index (χ0n) is 13.4. The standard InChI is InChI=1S/C16H12F2N6OS/c1-8-9(6-7-25-8)14-22-23-16(24(14)19)26-15-10-4-2-3-5-11(10)20-13(21-15)12(17)18/h2-7,12H,19H2,1H3. The van der Waals surface area contributed by atoms with Gasteiger partial charge in [0.05, 0.1) is 17.3 Å². The second-order valence-electron chi connectivity index (χ2n) is 5.37. The SMILES string of the molecule is Cc1occc1-c1nnc(Sc2nc(C(F)F)nc3ccccc23)n1N. The highest BCUT2D eigenvalue weighted by atomic mass is 32.2. The van der Waals surface area contributed by atoms with E-state index < -0.39 is 12.2 Å².